The predicted molar refractivity (Wildman–Crippen MR) is 76.7 cm³/mol. The van der Waals surface area contributed by atoms with Crippen LogP contribution in [0.4, 0.5) is 0 Å². The van der Waals surface area contributed by atoms with Crippen LogP contribution in [-0.4, -0.2) is 11.2 Å². The Kier molecular flexibility index (Phi) is 5.25. The van der Waals surface area contributed by atoms with Crippen molar-refractivity contribution in [2.75, 3.05) is 0 Å². The zero-order valence-electron chi connectivity index (χ0n) is 11.6. The molecule has 100 valence electrons. The number of aryl methyl sites for hydroxylation is 1. The van der Waals surface area contributed by atoms with Crippen molar-refractivity contribution in [1.29, 1.82) is 0 Å². The van der Waals surface area contributed by atoms with Crippen molar-refractivity contribution in [2.24, 2.45) is 5.92 Å². The number of unbranched alkanes of at least 4 members (excludes halogenated alkanes) is 3. The maximum atomic E-state index is 10.3. The molecule has 0 fully saturated rings. The van der Waals surface area contributed by atoms with Crippen LogP contribution in [0.2, 0.25) is 0 Å². The third-order valence-corrected chi connectivity index (χ3v) is 4.28. The molecule has 0 saturated carbocycles. The van der Waals surface area contributed by atoms with Crippen molar-refractivity contribution < 1.29 is 5.11 Å². The highest BCUT2D eigenvalue weighted by atomic mass is 16.3. The first-order chi connectivity index (χ1) is 8.81. The van der Waals surface area contributed by atoms with Gasteiger partial charge in [0.25, 0.3) is 0 Å². The zero-order valence-corrected chi connectivity index (χ0v) is 11.6. The molecule has 2 unspecified atom stereocenters. The molecule has 1 aromatic carbocycles. The lowest BCUT2D eigenvalue weighted by molar-refractivity contribution is 0.0881. The van der Waals surface area contributed by atoms with Crippen LogP contribution in [0, 0.1) is 5.92 Å². The summed E-state index contributed by atoms with van der Waals surface area (Å²) < 4.78 is 0. The van der Waals surface area contributed by atoms with Gasteiger partial charge >= 0.3 is 0 Å². The van der Waals surface area contributed by atoms with Crippen LogP contribution in [0.1, 0.15) is 56.6 Å². The van der Waals surface area contributed by atoms with Crippen LogP contribution < -0.4 is 0 Å². The van der Waals surface area contributed by atoms with Gasteiger partial charge in [0.2, 0.25) is 0 Å². The van der Waals surface area contributed by atoms with E-state index in [9.17, 15) is 5.11 Å². The van der Waals surface area contributed by atoms with Gasteiger partial charge in [-0.3, -0.25) is 0 Å². The molecule has 0 saturated heterocycles. The normalized spacial score (nSPS) is 20.4. The van der Waals surface area contributed by atoms with Crippen LogP contribution in [0.25, 0.3) is 0 Å². The lowest BCUT2D eigenvalue weighted by Crippen LogP contribution is -2.26. The van der Waals surface area contributed by atoms with Gasteiger partial charge in [0.1, 0.15) is 0 Å². The minimum Gasteiger partial charge on any atom is -0.393 e. The molecule has 18 heavy (non-hydrogen) atoms. The highest BCUT2D eigenvalue weighted by Gasteiger charge is 2.24. The Morgan fingerprint density at radius 3 is 2.72 bits per heavy atom. The van der Waals surface area contributed by atoms with Crippen LogP contribution in [0.5, 0.6) is 0 Å². The van der Waals surface area contributed by atoms with Gasteiger partial charge in [0.15, 0.2) is 0 Å². The van der Waals surface area contributed by atoms with E-state index in [1.54, 1.807) is 0 Å². The van der Waals surface area contributed by atoms with E-state index >= 15 is 0 Å². The molecular formula is C17H26O. The Morgan fingerprint density at radius 2 is 1.94 bits per heavy atom. The fraction of sp³-hybridized carbons (Fsp3) is 0.647. The fourth-order valence-electron chi connectivity index (χ4n) is 3.07. The fourth-order valence-corrected chi connectivity index (χ4v) is 3.07. The molecule has 1 nitrogen and oxygen atoms in total. The lowest BCUT2D eigenvalue weighted by Gasteiger charge is -2.28. The highest BCUT2D eigenvalue weighted by molar-refractivity contribution is 5.29. The standard InChI is InChI=1S/C17H26O/c1-2-3-4-5-10-17(18)16-12-11-14-8-6-7-9-15(14)13-16/h6-9,16-18H,2-5,10-13H2,1H3. The summed E-state index contributed by atoms with van der Waals surface area (Å²) in [5.41, 5.74) is 2.95. The molecule has 0 aliphatic heterocycles. The summed E-state index contributed by atoms with van der Waals surface area (Å²) in [6.07, 6.45) is 9.32. The molecule has 1 N–H and O–H groups in total. The summed E-state index contributed by atoms with van der Waals surface area (Å²) in [5, 5.41) is 10.3. The van der Waals surface area contributed by atoms with Crippen LogP contribution >= 0.6 is 0 Å². The average molecular weight is 246 g/mol. The minimum atomic E-state index is -0.0878. The molecule has 1 aliphatic carbocycles. The average Bonchev–Trinajstić information content (AvgIpc) is 2.43. The Balaban J connectivity index is 1.81. The third kappa shape index (κ3) is 3.58. The number of hydrogen-bond donors (Lipinski definition) is 1. The van der Waals surface area contributed by atoms with E-state index in [1.165, 1.54) is 36.8 Å². The smallest absolute Gasteiger partial charge is 0.0571 e. The topological polar surface area (TPSA) is 20.2 Å². The van der Waals surface area contributed by atoms with Crippen molar-refractivity contribution in [3.63, 3.8) is 0 Å². The van der Waals surface area contributed by atoms with Gasteiger partial charge in [-0.1, -0.05) is 56.9 Å². The first-order valence-corrected chi connectivity index (χ1v) is 7.56. The zero-order chi connectivity index (χ0) is 12.8. The van der Waals surface area contributed by atoms with Crippen molar-refractivity contribution >= 4 is 0 Å². The number of rotatable bonds is 6. The molecule has 0 amide bonds. The second-order valence-electron chi connectivity index (χ2n) is 5.69. The molecular weight excluding hydrogens is 220 g/mol. The van der Waals surface area contributed by atoms with Gasteiger partial charge in [0.05, 0.1) is 6.10 Å². The lowest BCUT2D eigenvalue weighted by atomic mass is 9.80. The summed E-state index contributed by atoms with van der Waals surface area (Å²) in [6.45, 7) is 2.23. The highest BCUT2D eigenvalue weighted by Crippen LogP contribution is 2.29. The first-order valence-electron chi connectivity index (χ1n) is 7.56. The number of aliphatic hydroxyl groups is 1. The van der Waals surface area contributed by atoms with E-state index in [-0.39, 0.29) is 6.10 Å². The molecule has 2 atom stereocenters. The van der Waals surface area contributed by atoms with E-state index in [1.807, 2.05) is 0 Å². The maximum Gasteiger partial charge on any atom is 0.0571 e. The number of benzene rings is 1. The second kappa shape index (κ2) is 6.94. The van der Waals surface area contributed by atoms with Gasteiger partial charge < -0.3 is 5.11 Å². The molecule has 2 rings (SSSR count). The Bertz CT molecular complexity index is 358. The van der Waals surface area contributed by atoms with Crippen molar-refractivity contribution in [1.82, 2.24) is 0 Å². The summed E-state index contributed by atoms with van der Waals surface area (Å²) in [7, 11) is 0. The molecule has 0 aromatic heterocycles. The van der Waals surface area contributed by atoms with E-state index in [0.29, 0.717) is 5.92 Å². The Hall–Kier alpha value is -0.820. The summed E-state index contributed by atoms with van der Waals surface area (Å²) in [4.78, 5) is 0. The molecule has 1 aliphatic rings. The molecule has 1 heteroatoms. The molecule has 0 bridgehead atoms. The largest absolute Gasteiger partial charge is 0.393 e. The van der Waals surface area contributed by atoms with Crippen LogP contribution in [0.3, 0.4) is 0 Å². The van der Waals surface area contributed by atoms with Gasteiger partial charge in [-0.2, -0.15) is 0 Å². The predicted octanol–water partition coefficient (Wildman–Crippen LogP) is 4.12. The van der Waals surface area contributed by atoms with Gasteiger partial charge in [-0.05, 0) is 42.7 Å². The van der Waals surface area contributed by atoms with Crippen LogP contribution in [0.15, 0.2) is 24.3 Å². The number of hydrogen-bond acceptors (Lipinski definition) is 1. The molecule has 1 aromatic rings. The SMILES string of the molecule is CCCCCCC(O)C1CCc2ccccc2C1. The monoisotopic (exact) mass is 246 g/mol. The van der Waals surface area contributed by atoms with Gasteiger partial charge in [-0.15, -0.1) is 0 Å². The Labute approximate surface area is 111 Å². The molecule has 0 radical (unpaired) electrons. The number of fused-ring (bicyclic) bond motifs is 1. The van der Waals surface area contributed by atoms with Crippen molar-refractivity contribution in [3.05, 3.63) is 35.4 Å². The summed E-state index contributed by atoms with van der Waals surface area (Å²) in [5.74, 6) is 0.488. The van der Waals surface area contributed by atoms with Crippen molar-refractivity contribution in [3.8, 4) is 0 Å². The van der Waals surface area contributed by atoms with E-state index < -0.39 is 0 Å². The summed E-state index contributed by atoms with van der Waals surface area (Å²) in [6, 6.07) is 8.71. The van der Waals surface area contributed by atoms with E-state index in [2.05, 4.69) is 31.2 Å². The maximum absolute atomic E-state index is 10.3. The molecule has 0 spiro atoms. The quantitative estimate of drug-likeness (QED) is 0.748. The first kappa shape index (κ1) is 13.6. The van der Waals surface area contributed by atoms with Crippen molar-refractivity contribution in [2.45, 2.75) is 64.4 Å². The second-order valence-corrected chi connectivity index (χ2v) is 5.69. The minimum absolute atomic E-state index is 0.0878. The van der Waals surface area contributed by atoms with Gasteiger partial charge in [-0.25, -0.2) is 0 Å². The third-order valence-electron chi connectivity index (χ3n) is 4.28. The number of aliphatic hydroxyl groups excluding tert-OH is 1. The van der Waals surface area contributed by atoms with E-state index in [0.717, 1.165) is 25.7 Å². The molecule has 0 heterocycles. The summed E-state index contributed by atoms with van der Waals surface area (Å²) >= 11 is 0. The Morgan fingerprint density at radius 1 is 1.17 bits per heavy atom. The van der Waals surface area contributed by atoms with Crippen LogP contribution in [-0.2, 0) is 12.8 Å². The van der Waals surface area contributed by atoms with Gasteiger partial charge in [0, 0.05) is 0 Å². The van der Waals surface area contributed by atoms with E-state index in [4.69, 9.17) is 0 Å².